The fraction of sp³-hybridized carbons (Fsp3) is 0.348. The zero-order valence-corrected chi connectivity index (χ0v) is 16.4. The zero-order valence-electron chi connectivity index (χ0n) is 15.6. The first-order valence-electron chi connectivity index (χ1n) is 9.42. The highest BCUT2D eigenvalue weighted by atomic mass is 32.1. The molecule has 0 radical (unpaired) electrons. The number of hydrogen-bond donors (Lipinski definition) is 0. The van der Waals surface area contributed by atoms with Crippen LogP contribution in [0, 0.1) is 35.2 Å². The van der Waals surface area contributed by atoms with Crippen molar-refractivity contribution >= 4 is 23.1 Å². The fourth-order valence-corrected chi connectivity index (χ4v) is 3.73. The highest BCUT2D eigenvalue weighted by molar-refractivity contribution is 7.78. The smallest absolute Gasteiger partial charge is 0.150 e. The van der Waals surface area contributed by atoms with Gasteiger partial charge in [-0.2, -0.15) is 4.99 Å². The lowest BCUT2D eigenvalue weighted by molar-refractivity contribution is 0.402. The number of unbranched alkanes of at least 4 members (excludes halogenated alkanes) is 1. The van der Waals surface area contributed by atoms with E-state index < -0.39 is 17.5 Å². The van der Waals surface area contributed by atoms with E-state index in [0.717, 1.165) is 37.3 Å². The fourth-order valence-electron chi connectivity index (χ4n) is 3.64. The van der Waals surface area contributed by atoms with Gasteiger partial charge in [0.15, 0.2) is 5.82 Å². The molecular weight excluding hydrogens is 379 g/mol. The highest BCUT2D eigenvalue weighted by Gasteiger charge is 2.24. The van der Waals surface area contributed by atoms with E-state index in [0.29, 0.717) is 29.9 Å². The van der Waals surface area contributed by atoms with Gasteiger partial charge in [-0.1, -0.05) is 38.0 Å². The SMILES string of the molecule is CCCCC1CCc2c(cc(F)c(C#Cc3ccc(N=C=S)c(F)c3)c2F)C1. The standard InChI is InChI=1S/C23H20F3NS/c1-2-3-4-15-5-8-18-17(11-15)13-20(24)19(23(18)26)9-6-16-7-10-22(27-14-28)21(25)12-16/h7,10,12-13,15H,2-5,8,11H2,1H3. The molecule has 1 unspecified atom stereocenters. The summed E-state index contributed by atoms with van der Waals surface area (Å²) in [5, 5.41) is 2.09. The van der Waals surface area contributed by atoms with Crippen molar-refractivity contribution in [1.29, 1.82) is 0 Å². The molecule has 0 spiro atoms. The van der Waals surface area contributed by atoms with E-state index in [1.165, 1.54) is 18.2 Å². The molecule has 0 aliphatic heterocycles. The number of benzene rings is 2. The van der Waals surface area contributed by atoms with Gasteiger partial charge >= 0.3 is 0 Å². The quantitative estimate of drug-likeness (QED) is 0.323. The van der Waals surface area contributed by atoms with E-state index in [1.807, 2.05) is 0 Å². The Balaban J connectivity index is 1.88. The summed E-state index contributed by atoms with van der Waals surface area (Å²) in [5.41, 5.74) is 1.41. The van der Waals surface area contributed by atoms with Gasteiger partial charge in [0.2, 0.25) is 0 Å². The summed E-state index contributed by atoms with van der Waals surface area (Å²) in [5.74, 6) is 3.80. The summed E-state index contributed by atoms with van der Waals surface area (Å²) in [6.45, 7) is 2.14. The van der Waals surface area contributed by atoms with Gasteiger partial charge in [-0.15, -0.1) is 0 Å². The first-order chi connectivity index (χ1) is 13.5. The van der Waals surface area contributed by atoms with Crippen molar-refractivity contribution < 1.29 is 13.2 Å². The molecule has 0 aromatic heterocycles. The third kappa shape index (κ3) is 4.52. The van der Waals surface area contributed by atoms with Gasteiger partial charge in [0.05, 0.1) is 10.7 Å². The Morgan fingerprint density at radius 3 is 2.68 bits per heavy atom. The maximum Gasteiger partial charge on any atom is 0.150 e. The molecule has 0 bridgehead atoms. The summed E-state index contributed by atoms with van der Waals surface area (Å²) in [7, 11) is 0. The minimum atomic E-state index is -0.665. The first kappa shape index (κ1) is 20.3. The summed E-state index contributed by atoms with van der Waals surface area (Å²) in [6.07, 6.45) is 5.58. The number of hydrogen-bond acceptors (Lipinski definition) is 2. The van der Waals surface area contributed by atoms with Crippen LogP contribution in [0.5, 0.6) is 0 Å². The summed E-state index contributed by atoms with van der Waals surface area (Å²) < 4.78 is 43.3. The number of halogens is 3. The molecule has 5 heteroatoms. The lowest BCUT2D eigenvalue weighted by Gasteiger charge is -2.25. The van der Waals surface area contributed by atoms with Crippen molar-refractivity contribution in [2.75, 3.05) is 0 Å². The minimum Gasteiger partial charge on any atom is -0.206 e. The van der Waals surface area contributed by atoms with E-state index >= 15 is 0 Å². The van der Waals surface area contributed by atoms with Crippen LogP contribution in [0.25, 0.3) is 0 Å². The Labute approximate surface area is 168 Å². The van der Waals surface area contributed by atoms with Crippen LogP contribution >= 0.6 is 12.2 Å². The normalized spacial score (nSPS) is 15.2. The number of thiocarbonyl (C=S) groups is 1. The summed E-state index contributed by atoms with van der Waals surface area (Å²) in [4.78, 5) is 3.59. The van der Waals surface area contributed by atoms with Crippen LogP contribution in [0.2, 0.25) is 0 Å². The second-order valence-corrected chi connectivity index (χ2v) is 7.24. The molecule has 0 saturated heterocycles. The molecule has 28 heavy (non-hydrogen) atoms. The highest BCUT2D eigenvalue weighted by Crippen LogP contribution is 2.32. The Kier molecular flexibility index (Phi) is 6.67. The van der Waals surface area contributed by atoms with Gasteiger partial charge in [0.1, 0.15) is 17.3 Å². The number of fused-ring (bicyclic) bond motifs is 1. The van der Waals surface area contributed by atoms with Crippen molar-refractivity contribution in [2.45, 2.75) is 45.4 Å². The van der Waals surface area contributed by atoms with Crippen molar-refractivity contribution in [1.82, 2.24) is 0 Å². The number of isothiocyanates is 1. The predicted octanol–water partition coefficient (Wildman–Crippen LogP) is 6.53. The van der Waals surface area contributed by atoms with Gasteiger partial charge in [-0.05, 0) is 72.8 Å². The molecule has 3 rings (SSSR count). The maximum absolute atomic E-state index is 14.9. The number of rotatable bonds is 4. The molecule has 0 heterocycles. The van der Waals surface area contributed by atoms with Gasteiger partial charge in [0, 0.05) is 5.56 Å². The van der Waals surface area contributed by atoms with Gasteiger partial charge in [-0.25, -0.2) is 13.2 Å². The zero-order chi connectivity index (χ0) is 20.1. The Hall–Kier alpha value is -2.41. The molecule has 1 atom stereocenters. The average molecular weight is 399 g/mol. The molecule has 0 fully saturated rings. The topological polar surface area (TPSA) is 12.4 Å². The molecule has 0 saturated carbocycles. The monoisotopic (exact) mass is 399 g/mol. The lowest BCUT2D eigenvalue weighted by atomic mass is 9.80. The molecule has 0 amide bonds. The number of aliphatic imine (C=N–C) groups is 1. The maximum atomic E-state index is 14.9. The van der Waals surface area contributed by atoms with Crippen LogP contribution in [0.4, 0.5) is 18.9 Å². The van der Waals surface area contributed by atoms with Crippen molar-refractivity contribution in [3.8, 4) is 11.8 Å². The van der Waals surface area contributed by atoms with E-state index in [2.05, 4.69) is 41.1 Å². The molecular formula is C23H20F3NS. The van der Waals surface area contributed by atoms with Gasteiger partial charge in [0.25, 0.3) is 0 Å². The van der Waals surface area contributed by atoms with E-state index in [4.69, 9.17) is 0 Å². The van der Waals surface area contributed by atoms with Crippen LogP contribution in [-0.4, -0.2) is 5.16 Å². The molecule has 1 aliphatic carbocycles. The molecule has 1 nitrogen and oxygen atoms in total. The lowest BCUT2D eigenvalue weighted by Crippen LogP contribution is -2.17. The molecule has 2 aromatic rings. The second kappa shape index (κ2) is 9.19. The Morgan fingerprint density at radius 1 is 1.14 bits per heavy atom. The first-order valence-corrected chi connectivity index (χ1v) is 9.83. The number of nitrogens with zero attached hydrogens (tertiary/aromatic N) is 1. The summed E-state index contributed by atoms with van der Waals surface area (Å²) >= 11 is 4.45. The van der Waals surface area contributed by atoms with Crippen LogP contribution in [0.3, 0.4) is 0 Å². The van der Waals surface area contributed by atoms with Crippen LogP contribution in [0.15, 0.2) is 29.3 Å². The van der Waals surface area contributed by atoms with Crippen LogP contribution in [0.1, 0.15) is 54.9 Å². The minimum absolute atomic E-state index is 0.0457. The van der Waals surface area contributed by atoms with E-state index in [9.17, 15) is 13.2 Å². The molecule has 144 valence electrons. The van der Waals surface area contributed by atoms with Crippen LogP contribution < -0.4 is 0 Å². The largest absolute Gasteiger partial charge is 0.206 e. The summed E-state index contributed by atoms with van der Waals surface area (Å²) in [6, 6.07) is 5.49. The Bertz CT molecular complexity index is 997. The molecule has 2 aromatic carbocycles. The van der Waals surface area contributed by atoms with Crippen molar-refractivity contribution in [2.24, 2.45) is 10.9 Å². The van der Waals surface area contributed by atoms with E-state index in [1.54, 1.807) is 0 Å². The third-order valence-corrected chi connectivity index (χ3v) is 5.23. The van der Waals surface area contributed by atoms with Gasteiger partial charge in [-0.3, -0.25) is 0 Å². The molecule has 1 aliphatic rings. The third-order valence-electron chi connectivity index (χ3n) is 5.13. The average Bonchev–Trinajstić information content (AvgIpc) is 2.68. The van der Waals surface area contributed by atoms with Gasteiger partial charge < -0.3 is 0 Å². The second-order valence-electron chi connectivity index (χ2n) is 7.06. The van der Waals surface area contributed by atoms with E-state index in [-0.39, 0.29) is 11.3 Å². The van der Waals surface area contributed by atoms with Crippen molar-refractivity contribution in [3.05, 3.63) is 64.0 Å². The molecule has 0 N–H and O–H groups in total. The van der Waals surface area contributed by atoms with Crippen molar-refractivity contribution in [3.63, 3.8) is 0 Å². The Morgan fingerprint density at radius 2 is 1.96 bits per heavy atom. The van der Waals surface area contributed by atoms with Crippen LogP contribution in [-0.2, 0) is 12.8 Å². The predicted molar refractivity (Wildman–Crippen MR) is 108 cm³/mol.